The van der Waals surface area contributed by atoms with Gasteiger partial charge in [0.2, 0.25) is 11.8 Å². The topological polar surface area (TPSA) is 58.6 Å². The minimum absolute atomic E-state index is 0.113. The fraction of sp³-hybridized carbons (Fsp3) is 0.263. The van der Waals surface area contributed by atoms with Gasteiger partial charge in [-0.05, 0) is 30.7 Å². The Labute approximate surface area is 152 Å². The third-order valence-corrected chi connectivity index (χ3v) is 3.96. The van der Waals surface area contributed by atoms with Crippen LogP contribution in [0.2, 0.25) is 5.02 Å². The number of nitrogens with zero attached hydrogens (tertiary/aromatic N) is 1. The molecule has 6 heteroatoms. The molecular weight excluding hydrogens is 340 g/mol. The van der Waals surface area contributed by atoms with Crippen LogP contribution in [0, 0.1) is 6.92 Å². The maximum atomic E-state index is 12.3. The minimum Gasteiger partial charge on any atom is -0.495 e. The molecule has 0 saturated heterocycles. The maximum Gasteiger partial charge on any atom is 0.240 e. The lowest BCUT2D eigenvalue weighted by Gasteiger charge is -2.23. The van der Waals surface area contributed by atoms with Gasteiger partial charge in [-0.1, -0.05) is 41.4 Å². The van der Waals surface area contributed by atoms with Crippen LogP contribution < -0.4 is 15.0 Å². The number of hydrogen-bond acceptors (Lipinski definition) is 3. The number of rotatable bonds is 6. The summed E-state index contributed by atoms with van der Waals surface area (Å²) in [5.41, 5.74) is 2.62. The van der Waals surface area contributed by atoms with E-state index in [2.05, 4.69) is 5.32 Å². The number of anilines is 1. The van der Waals surface area contributed by atoms with E-state index in [9.17, 15) is 9.59 Å². The van der Waals surface area contributed by atoms with Crippen LogP contribution in [0.5, 0.6) is 5.75 Å². The molecule has 0 aliphatic rings. The predicted octanol–water partition coefficient (Wildman–Crippen LogP) is 3.33. The average molecular weight is 361 g/mol. The molecule has 0 aliphatic heterocycles. The maximum absolute atomic E-state index is 12.3. The molecule has 0 unspecified atom stereocenters. The largest absolute Gasteiger partial charge is 0.495 e. The second-order valence-corrected chi connectivity index (χ2v) is 6.12. The third kappa shape index (κ3) is 5.22. The second-order valence-electron chi connectivity index (χ2n) is 5.68. The number of ether oxygens (including phenoxy) is 1. The van der Waals surface area contributed by atoms with E-state index in [1.54, 1.807) is 18.2 Å². The van der Waals surface area contributed by atoms with Gasteiger partial charge < -0.3 is 10.1 Å². The first-order valence-electron chi connectivity index (χ1n) is 7.84. The van der Waals surface area contributed by atoms with Gasteiger partial charge in [-0.2, -0.15) is 0 Å². The van der Waals surface area contributed by atoms with Crippen LogP contribution in [0.25, 0.3) is 0 Å². The number of aryl methyl sites for hydroxylation is 1. The molecule has 5 nitrogen and oxygen atoms in total. The minimum atomic E-state index is -0.272. The van der Waals surface area contributed by atoms with E-state index in [1.807, 2.05) is 31.2 Å². The molecule has 132 valence electrons. The molecule has 2 aromatic carbocycles. The van der Waals surface area contributed by atoms with Crippen LogP contribution in [-0.4, -0.2) is 25.5 Å². The van der Waals surface area contributed by atoms with Gasteiger partial charge in [0, 0.05) is 18.5 Å². The highest BCUT2D eigenvalue weighted by molar-refractivity contribution is 6.31. The van der Waals surface area contributed by atoms with Crippen molar-refractivity contribution in [3.8, 4) is 5.75 Å². The Kier molecular flexibility index (Phi) is 6.42. The summed E-state index contributed by atoms with van der Waals surface area (Å²) in [7, 11) is 1.50. The molecule has 0 atom stereocenters. The molecule has 0 aliphatic carbocycles. The van der Waals surface area contributed by atoms with E-state index in [0.717, 1.165) is 11.1 Å². The quantitative estimate of drug-likeness (QED) is 0.859. The van der Waals surface area contributed by atoms with Crippen molar-refractivity contribution in [2.24, 2.45) is 0 Å². The van der Waals surface area contributed by atoms with Crippen molar-refractivity contribution in [2.45, 2.75) is 20.4 Å². The van der Waals surface area contributed by atoms with Crippen LogP contribution in [0.1, 0.15) is 18.1 Å². The van der Waals surface area contributed by atoms with Crippen molar-refractivity contribution in [2.75, 3.05) is 18.6 Å². The van der Waals surface area contributed by atoms with Crippen molar-refractivity contribution in [1.82, 2.24) is 5.32 Å². The predicted molar refractivity (Wildman–Crippen MR) is 99.1 cm³/mol. The first-order chi connectivity index (χ1) is 11.9. The molecule has 0 spiro atoms. The zero-order valence-electron chi connectivity index (χ0n) is 14.5. The fourth-order valence-electron chi connectivity index (χ4n) is 2.35. The molecule has 1 N–H and O–H groups in total. The summed E-state index contributed by atoms with van der Waals surface area (Å²) in [4.78, 5) is 25.6. The van der Waals surface area contributed by atoms with Gasteiger partial charge in [-0.15, -0.1) is 0 Å². The Morgan fingerprint density at radius 1 is 1.16 bits per heavy atom. The SMILES string of the molecule is COc1ccc(Cl)cc1N(CC(=O)NCc1ccc(C)cc1)C(C)=O. The summed E-state index contributed by atoms with van der Waals surface area (Å²) in [5.74, 6) is -0.0604. The summed E-state index contributed by atoms with van der Waals surface area (Å²) in [6.07, 6.45) is 0. The molecule has 0 fully saturated rings. The molecule has 0 heterocycles. The Morgan fingerprint density at radius 3 is 2.44 bits per heavy atom. The summed E-state index contributed by atoms with van der Waals surface area (Å²) in [6, 6.07) is 12.8. The Bertz CT molecular complexity index is 760. The average Bonchev–Trinajstić information content (AvgIpc) is 2.59. The van der Waals surface area contributed by atoms with E-state index in [4.69, 9.17) is 16.3 Å². The monoisotopic (exact) mass is 360 g/mol. The van der Waals surface area contributed by atoms with Crippen LogP contribution in [0.4, 0.5) is 5.69 Å². The molecular formula is C19H21ClN2O3. The molecule has 25 heavy (non-hydrogen) atoms. The Balaban J connectivity index is 2.08. The molecule has 2 aromatic rings. The summed E-state index contributed by atoms with van der Waals surface area (Å²) >= 11 is 6.02. The molecule has 0 radical (unpaired) electrons. The molecule has 0 saturated carbocycles. The van der Waals surface area contributed by atoms with E-state index >= 15 is 0 Å². The zero-order chi connectivity index (χ0) is 18.4. The number of amides is 2. The van der Waals surface area contributed by atoms with Gasteiger partial charge in [0.25, 0.3) is 0 Å². The van der Waals surface area contributed by atoms with Gasteiger partial charge in [0.05, 0.1) is 12.8 Å². The number of nitrogens with one attached hydrogen (secondary N) is 1. The number of methoxy groups -OCH3 is 1. The van der Waals surface area contributed by atoms with Crippen LogP contribution in [-0.2, 0) is 16.1 Å². The van der Waals surface area contributed by atoms with E-state index in [1.165, 1.54) is 18.9 Å². The Hall–Kier alpha value is -2.53. The first-order valence-corrected chi connectivity index (χ1v) is 8.22. The lowest BCUT2D eigenvalue weighted by atomic mass is 10.1. The van der Waals surface area contributed by atoms with Gasteiger partial charge in [-0.3, -0.25) is 14.5 Å². The summed E-state index contributed by atoms with van der Waals surface area (Å²) in [5, 5.41) is 3.28. The molecule has 0 bridgehead atoms. The van der Waals surface area contributed by atoms with Crippen LogP contribution in [0.15, 0.2) is 42.5 Å². The number of carbonyl (C=O) groups is 2. The van der Waals surface area contributed by atoms with Crippen LogP contribution in [0.3, 0.4) is 0 Å². The smallest absolute Gasteiger partial charge is 0.240 e. The van der Waals surface area contributed by atoms with Crippen molar-refractivity contribution in [3.05, 3.63) is 58.6 Å². The van der Waals surface area contributed by atoms with Crippen LogP contribution >= 0.6 is 11.6 Å². The van der Waals surface area contributed by atoms with Gasteiger partial charge in [-0.25, -0.2) is 0 Å². The molecule has 0 aromatic heterocycles. The van der Waals surface area contributed by atoms with E-state index in [0.29, 0.717) is 23.0 Å². The third-order valence-electron chi connectivity index (χ3n) is 3.72. The van der Waals surface area contributed by atoms with Crippen molar-refractivity contribution in [3.63, 3.8) is 0 Å². The highest BCUT2D eigenvalue weighted by Gasteiger charge is 2.19. The van der Waals surface area contributed by atoms with Gasteiger partial charge in [0.15, 0.2) is 0 Å². The second kappa shape index (κ2) is 8.53. The van der Waals surface area contributed by atoms with Gasteiger partial charge in [0.1, 0.15) is 12.3 Å². The number of benzene rings is 2. The van der Waals surface area contributed by atoms with Crippen molar-refractivity contribution in [1.29, 1.82) is 0 Å². The van der Waals surface area contributed by atoms with Crippen molar-refractivity contribution < 1.29 is 14.3 Å². The summed E-state index contributed by atoms with van der Waals surface area (Å²) < 4.78 is 5.27. The Morgan fingerprint density at radius 2 is 1.84 bits per heavy atom. The van der Waals surface area contributed by atoms with Gasteiger partial charge >= 0.3 is 0 Å². The van der Waals surface area contributed by atoms with E-state index in [-0.39, 0.29) is 18.4 Å². The lowest BCUT2D eigenvalue weighted by molar-refractivity contribution is -0.123. The number of halogens is 1. The highest BCUT2D eigenvalue weighted by Crippen LogP contribution is 2.31. The lowest BCUT2D eigenvalue weighted by Crippen LogP contribution is -2.39. The standard InChI is InChI=1S/C19H21ClN2O3/c1-13-4-6-15(7-5-13)11-21-19(24)12-22(14(2)23)17-10-16(20)8-9-18(17)25-3/h4-10H,11-12H2,1-3H3,(H,21,24). The van der Waals surface area contributed by atoms with E-state index < -0.39 is 0 Å². The molecule has 2 amide bonds. The number of hydrogen-bond donors (Lipinski definition) is 1. The fourth-order valence-corrected chi connectivity index (χ4v) is 2.51. The molecule has 2 rings (SSSR count). The first kappa shape index (κ1) is 18.8. The number of carbonyl (C=O) groups excluding carboxylic acids is 2. The normalized spacial score (nSPS) is 10.2. The zero-order valence-corrected chi connectivity index (χ0v) is 15.3. The van der Waals surface area contributed by atoms with Crippen molar-refractivity contribution >= 4 is 29.1 Å². The highest BCUT2D eigenvalue weighted by atomic mass is 35.5. The summed E-state index contributed by atoms with van der Waals surface area (Å²) in [6.45, 7) is 3.69.